The fourth-order valence-electron chi connectivity index (χ4n) is 2.91. The molecule has 6 nitrogen and oxygen atoms in total. The second-order valence-corrected chi connectivity index (χ2v) is 6.66. The largest absolute Gasteiger partial charge is 0.417 e. The normalized spacial score (nSPS) is 18.9. The molecule has 1 aliphatic rings. The maximum Gasteiger partial charge on any atom is 0.417 e. The molecule has 3 heterocycles. The lowest BCUT2D eigenvalue weighted by Crippen LogP contribution is -2.43. The standard InChI is InChI=1S/C15H18ClF3N6.HI/c1-9-3-2-4-24(7-9)14(20)21-6-12-22-23-13-11(16)5-10(8-25(12)13)15(17,18)19;/h5,8-9H,2-4,6-7H2,1H3,(H2,20,21);1H. The van der Waals surface area contributed by atoms with Gasteiger partial charge in [0.15, 0.2) is 17.4 Å². The first-order valence-electron chi connectivity index (χ1n) is 7.91. The van der Waals surface area contributed by atoms with Gasteiger partial charge >= 0.3 is 6.18 Å². The van der Waals surface area contributed by atoms with Gasteiger partial charge in [-0.25, -0.2) is 4.99 Å². The molecule has 1 fully saturated rings. The zero-order chi connectivity index (χ0) is 18.2. The Bertz CT molecular complexity index is 807. The average molecular weight is 503 g/mol. The van der Waals surface area contributed by atoms with Crippen molar-refractivity contribution in [2.45, 2.75) is 32.5 Å². The molecule has 0 spiro atoms. The van der Waals surface area contributed by atoms with Crippen molar-refractivity contribution in [3.05, 3.63) is 28.7 Å². The summed E-state index contributed by atoms with van der Waals surface area (Å²) in [7, 11) is 0. The molecule has 0 saturated carbocycles. The van der Waals surface area contributed by atoms with Crippen LogP contribution in [0.1, 0.15) is 31.2 Å². The molecule has 2 aromatic heterocycles. The maximum atomic E-state index is 13.0. The molecular formula is C15H19ClF3IN6. The van der Waals surface area contributed by atoms with E-state index in [-0.39, 0.29) is 47.0 Å². The molecule has 3 rings (SSSR count). The highest BCUT2D eigenvalue weighted by Gasteiger charge is 2.32. The van der Waals surface area contributed by atoms with Gasteiger partial charge in [-0.1, -0.05) is 18.5 Å². The van der Waals surface area contributed by atoms with E-state index in [1.165, 1.54) is 4.40 Å². The van der Waals surface area contributed by atoms with E-state index in [0.717, 1.165) is 38.2 Å². The van der Waals surface area contributed by atoms with Gasteiger partial charge in [-0.15, -0.1) is 34.2 Å². The third-order valence-corrected chi connectivity index (χ3v) is 4.50. The average Bonchev–Trinajstić information content (AvgIpc) is 2.95. The number of hydrogen-bond donors (Lipinski definition) is 1. The van der Waals surface area contributed by atoms with Crippen molar-refractivity contribution in [3.8, 4) is 0 Å². The summed E-state index contributed by atoms with van der Waals surface area (Å²) in [5.74, 6) is 1.14. The summed E-state index contributed by atoms with van der Waals surface area (Å²) in [4.78, 5) is 6.25. The van der Waals surface area contributed by atoms with E-state index in [9.17, 15) is 13.2 Å². The second kappa shape index (κ2) is 8.15. The molecule has 1 atom stereocenters. The zero-order valence-electron chi connectivity index (χ0n) is 14.0. The van der Waals surface area contributed by atoms with Gasteiger partial charge in [0.05, 0.1) is 10.6 Å². The van der Waals surface area contributed by atoms with E-state index >= 15 is 0 Å². The molecule has 0 amide bonds. The molecule has 0 aromatic carbocycles. The first-order chi connectivity index (χ1) is 11.8. The smallest absolute Gasteiger partial charge is 0.370 e. The fourth-order valence-corrected chi connectivity index (χ4v) is 3.16. The van der Waals surface area contributed by atoms with E-state index < -0.39 is 11.7 Å². The minimum atomic E-state index is -4.51. The van der Waals surface area contributed by atoms with Crippen LogP contribution >= 0.6 is 35.6 Å². The summed E-state index contributed by atoms with van der Waals surface area (Å²) in [6.45, 7) is 3.81. The van der Waals surface area contributed by atoms with Gasteiger partial charge in [-0.3, -0.25) is 4.40 Å². The number of aromatic nitrogens is 3. The topological polar surface area (TPSA) is 71.8 Å². The van der Waals surface area contributed by atoms with Crippen molar-refractivity contribution < 1.29 is 13.2 Å². The van der Waals surface area contributed by atoms with Crippen molar-refractivity contribution in [2.75, 3.05) is 13.1 Å². The van der Waals surface area contributed by atoms with Crippen LogP contribution in [0.5, 0.6) is 0 Å². The van der Waals surface area contributed by atoms with Crippen LogP contribution in [0, 0.1) is 5.92 Å². The highest BCUT2D eigenvalue weighted by atomic mass is 127. The van der Waals surface area contributed by atoms with E-state index in [4.69, 9.17) is 17.3 Å². The third kappa shape index (κ3) is 4.51. The summed E-state index contributed by atoms with van der Waals surface area (Å²) in [5, 5.41) is 7.61. The minimum absolute atomic E-state index is 0. The maximum absolute atomic E-state index is 13.0. The number of guanidine groups is 1. The number of pyridine rings is 1. The zero-order valence-corrected chi connectivity index (χ0v) is 17.1. The quantitative estimate of drug-likeness (QED) is 0.387. The van der Waals surface area contributed by atoms with Gasteiger partial charge in [-0.05, 0) is 24.8 Å². The molecule has 1 aliphatic heterocycles. The van der Waals surface area contributed by atoms with Gasteiger partial charge in [0, 0.05) is 19.3 Å². The van der Waals surface area contributed by atoms with Crippen LogP contribution in [0.15, 0.2) is 17.3 Å². The Labute approximate surface area is 170 Å². The number of likely N-dealkylation sites (tertiary alicyclic amines) is 1. The Morgan fingerprint density at radius 3 is 2.81 bits per heavy atom. The number of aliphatic imine (C=N–C) groups is 1. The second-order valence-electron chi connectivity index (χ2n) is 6.25. The third-order valence-electron chi connectivity index (χ3n) is 4.22. The summed E-state index contributed by atoms with van der Waals surface area (Å²) in [5.41, 5.74) is 5.30. The molecule has 0 bridgehead atoms. The molecule has 1 saturated heterocycles. The van der Waals surface area contributed by atoms with Crippen LogP contribution in [-0.4, -0.2) is 38.5 Å². The Balaban J connectivity index is 0.00000243. The predicted molar refractivity (Wildman–Crippen MR) is 104 cm³/mol. The van der Waals surface area contributed by atoms with Crippen LogP contribution in [0.4, 0.5) is 13.2 Å². The van der Waals surface area contributed by atoms with Crippen LogP contribution in [0.3, 0.4) is 0 Å². The Morgan fingerprint density at radius 1 is 1.42 bits per heavy atom. The number of nitrogens with zero attached hydrogens (tertiary/aromatic N) is 5. The Morgan fingerprint density at radius 2 is 2.15 bits per heavy atom. The van der Waals surface area contributed by atoms with Crippen molar-refractivity contribution >= 4 is 47.2 Å². The van der Waals surface area contributed by atoms with Crippen molar-refractivity contribution in [1.82, 2.24) is 19.5 Å². The summed E-state index contributed by atoms with van der Waals surface area (Å²) in [6.07, 6.45) is -1.40. The number of piperidine rings is 1. The lowest BCUT2D eigenvalue weighted by molar-refractivity contribution is -0.137. The Kier molecular flexibility index (Phi) is 6.59. The van der Waals surface area contributed by atoms with Crippen LogP contribution in [-0.2, 0) is 12.7 Å². The first-order valence-corrected chi connectivity index (χ1v) is 8.28. The van der Waals surface area contributed by atoms with Crippen molar-refractivity contribution in [2.24, 2.45) is 16.6 Å². The summed E-state index contributed by atoms with van der Waals surface area (Å²) in [6, 6.07) is 0.835. The van der Waals surface area contributed by atoms with E-state index in [1.54, 1.807) is 0 Å². The molecule has 144 valence electrons. The first kappa shape index (κ1) is 21.0. The molecule has 2 N–H and O–H groups in total. The Hall–Kier alpha value is -1.30. The van der Waals surface area contributed by atoms with Gasteiger partial charge in [0.1, 0.15) is 6.54 Å². The molecule has 0 radical (unpaired) electrons. The number of nitrogens with two attached hydrogens (primary N) is 1. The van der Waals surface area contributed by atoms with E-state index in [1.807, 2.05) is 4.90 Å². The molecule has 1 unspecified atom stereocenters. The van der Waals surface area contributed by atoms with Crippen molar-refractivity contribution in [1.29, 1.82) is 0 Å². The SMILES string of the molecule is CC1CCCN(C(N)=NCc2nnc3c(Cl)cc(C(F)(F)F)cn23)C1.I. The van der Waals surface area contributed by atoms with Crippen LogP contribution in [0.25, 0.3) is 5.65 Å². The summed E-state index contributed by atoms with van der Waals surface area (Å²) < 4.78 is 40.1. The van der Waals surface area contributed by atoms with Crippen molar-refractivity contribution in [3.63, 3.8) is 0 Å². The lowest BCUT2D eigenvalue weighted by Gasteiger charge is -2.31. The molecular weight excluding hydrogens is 484 g/mol. The minimum Gasteiger partial charge on any atom is -0.370 e. The molecule has 0 aliphatic carbocycles. The van der Waals surface area contributed by atoms with Gasteiger partial charge in [0.25, 0.3) is 0 Å². The van der Waals surface area contributed by atoms with E-state index in [2.05, 4.69) is 22.1 Å². The highest BCUT2D eigenvalue weighted by Crippen LogP contribution is 2.32. The lowest BCUT2D eigenvalue weighted by atomic mass is 10.0. The molecule has 26 heavy (non-hydrogen) atoms. The number of rotatable bonds is 2. The van der Waals surface area contributed by atoms with Gasteiger partial charge < -0.3 is 10.6 Å². The fraction of sp³-hybridized carbons (Fsp3) is 0.533. The number of alkyl halides is 3. The van der Waals surface area contributed by atoms with Gasteiger partial charge in [-0.2, -0.15) is 13.2 Å². The number of hydrogen-bond acceptors (Lipinski definition) is 3. The number of fused-ring (bicyclic) bond motifs is 1. The van der Waals surface area contributed by atoms with Gasteiger partial charge in [0.2, 0.25) is 0 Å². The molecule has 11 heteroatoms. The summed E-state index contributed by atoms with van der Waals surface area (Å²) >= 11 is 5.89. The monoisotopic (exact) mass is 502 g/mol. The molecule has 2 aromatic rings. The van der Waals surface area contributed by atoms with Crippen LogP contribution < -0.4 is 5.73 Å². The highest BCUT2D eigenvalue weighted by molar-refractivity contribution is 14.0. The number of halogens is 5. The predicted octanol–water partition coefficient (Wildman–Crippen LogP) is 3.57. The van der Waals surface area contributed by atoms with Crippen LogP contribution in [0.2, 0.25) is 5.02 Å². The van der Waals surface area contributed by atoms with E-state index in [0.29, 0.717) is 11.9 Å².